The minimum Gasteiger partial charge on any atom is -0.461 e. The molecule has 0 amide bonds. The third-order valence-corrected chi connectivity index (χ3v) is 7.60. The average Bonchev–Trinajstić information content (AvgIpc) is 3.22. The number of nitrogens with zero attached hydrogens (tertiary/aromatic N) is 3. The number of para-hydroxylation sites is 2. The van der Waals surface area contributed by atoms with Gasteiger partial charge in [0, 0.05) is 25.3 Å². The first-order valence-electron chi connectivity index (χ1n) is 12.9. The fourth-order valence-electron chi connectivity index (χ4n) is 5.54. The normalized spacial score (nSPS) is 21.3. The predicted molar refractivity (Wildman–Crippen MR) is 140 cm³/mol. The van der Waals surface area contributed by atoms with Gasteiger partial charge in [-0.1, -0.05) is 39.3 Å². The summed E-state index contributed by atoms with van der Waals surface area (Å²) in [5.41, 5.74) is 0.885. The number of anilines is 1. The molecule has 1 saturated carbocycles. The monoisotopic (exact) mass is 515 g/mol. The van der Waals surface area contributed by atoms with E-state index in [1.54, 1.807) is 37.7 Å². The summed E-state index contributed by atoms with van der Waals surface area (Å²) >= 11 is 0. The Bertz CT molecular complexity index is 1270. The van der Waals surface area contributed by atoms with Crippen molar-refractivity contribution in [1.82, 2.24) is 9.55 Å². The van der Waals surface area contributed by atoms with Gasteiger partial charge in [-0.25, -0.2) is 9.78 Å². The van der Waals surface area contributed by atoms with E-state index in [-0.39, 0.29) is 11.8 Å². The molecule has 8 heteroatoms. The lowest BCUT2D eigenvalue weighted by Crippen LogP contribution is -2.37. The molecule has 0 aliphatic heterocycles. The van der Waals surface area contributed by atoms with E-state index in [1.807, 2.05) is 18.2 Å². The Hall–Kier alpha value is -3.03. The summed E-state index contributed by atoms with van der Waals surface area (Å²) in [5, 5.41) is 0. The summed E-state index contributed by atoms with van der Waals surface area (Å²) < 4.78 is 49.7. The highest BCUT2D eigenvalue weighted by atomic mass is 19.4. The largest absolute Gasteiger partial charge is 0.461 e. The highest BCUT2D eigenvalue weighted by molar-refractivity contribution is 5.85. The first-order chi connectivity index (χ1) is 17.4. The number of ether oxygens (including phenoxy) is 1. The number of aromatic nitrogens is 2. The zero-order chi connectivity index (χ0) is 27.1. The van der Waals surface area contributed by atoms with Gasteiger partial charge in [-0.05, 0) is 67.9 Å². The SMILES string of the molecule is CC(C)C1CC[C@@H](C)C[C@H]1OC(=O)[C@@H](C)n1c(-c2ccc(N(C)C)c(C(F)(F)F)c2)nc2ccccc21. The zero-order valence-corrected chi connectivity index (χ0v) is 22.3. The van der Waals surface area contributed by atoms with E-state index >= 15 is 0 Å². The second kappa shape index (κ2) is 10.4. The maximum atomic E-state index is 14.0. The quantitative estimate of drug-likeness (QED) is 0.322. The first kappa shape index (κ1) is 27.0. The van der Waals surface area contributed by atoms with Gasteiger partial charge in [-0.2, -0.15) is 13.2 Å². The fraction of sp³-hybridized carbons (Fsp3) is 0.517. The van der Waals surface area contributed by atoms with Gasteiger partial charge in [0.25, 0.3) is 0 Å². The molecule has 0 bridgehead atoms. The van der Waals surface area contributed by atoms with Crippen molar-refractivity contribution in [3.63, 3.8) is 0 Å². The maximum Gasteiger partial charge on any atom is 0.418 e. The number of hydrogen-bond acceptors (Lipinski definition) is 4. The number of imidazole rings is 1. The van der Waals surface area contributed by atoms with Crippen molar-refractivity contribution in [3.8, 4) is 11.4 Å². The summed E-state index contributed by atoms with van der Waals surface area (Å²) in [6.07, 6.45) is -1.76. The van der Waals surface area contributed by atoms with Crippen molar-refractivity contribution in [2.75, 3.05) is 19.0 Å². The van der Waals surface area contributed by atoms with Gasteiger partial charge in [-0.3, -0.25) is 0 Å². The van der Waals surface area contributed by atoms with E-state index in [0.29, 0.717) is 40.2 Å². The van der Waals surface area contributed by atoms with Crippen LogP contribution in [0.2, 0.25) is 0 Å². The summed E-state index contributed by atoms with van der Waals surface area (Å²) in [5.74, 6) is 1.07. The zero-order valence-electron chi connectivity index (χ0n) is 22.3. The first-order valence-corrected chi connectivity index (χ1v) is 12.9. The molecule has 0 saturated heterocycles. The lowest BCUT2D eigenvalue weighted by molar-refractivity contribution is -0.159. The van der Waals surface area contributed by atoms with Crippen LogP contribution in [0.4, 0.5) is 18.9 Å². The van der Waals surface area contributed by atoms with Gasteiger partial charge in [0.05, 0.1) is 16.6 Å². The fourth-order valence-corrected chi connectivity index (χ4v) is 5.54. The Morgan fingerprint density at radius 2 is 1.81 bits per heavy atom. The van der Waals surface area contributed by atoms with Crippen LogP contribution in [0, 0.1) is 17.8 Å². The van der Waals surface area contributed by atoms with Crippen molar-refractivity contribution in [2.45, 2.75) is 65.3 Å². The molecule has 4 rings (SSSR count). The molecule has 2 aromatic carbocycles. The van der Waals surface area contributed by atoms with Crippen molar-refractivity contribution in [1.29, 1.82) is 0 Å². The van der Waals surface area contributed by atoms with Gasteiger partial charge in [0.15, 0.2) is 0 Å². The van der Waals surface area contributed by atoms with Crippen LogP contribution < -0.4 is 4.90 Å². The molecule has 1 heterocycles. The predicted octanol–water partition coefficient (Wildman–Crippen LogP) is 7.35. The number of fused-ring (bicyclic) bond motifs is 1. The highest BCUT2D eigenvalue weighted by Gasteiger charge is 2.37. The summed E-state index contributed by atoms with van der Waals surface area (Å²) in [4.78, 5) is 19.6. The molecule has 1 aliphatic carbocycles. The van der Waals surface area contributed by atoms with E-state index in [0.717, 1.165) is 25.3 Å². The molecule has 200 valence electrons. The van der Waals surface area contributed by atoms with Gasteiger partial charge in [0.2, 0.25) is 0 Å². The molecule has 0 radical (unpaired) electrons. The summed E-state index contributed by atoms with van der Waals surface area (Å²) in [7, 11) is 3.15. The molecule has 3 aromatic rings. The van der Waals surface area contributed by atoms with Crippen molar-refractivity contribution in [3.05, 3.63) is 48.0 Å². The molecule has 37 heavy (non-hydrogen) atoms. The molecular formula is C29H36F3N3O2. The van der Waals surface area contributed by atoms with Crippen LogP contribution in [-0.4, -0.2) is 35.7 Å². The van der Waals surface area contributed by atoms with Gasteiger partial charge in [-0.15, -0.1) is 0 Å². The lowest BCUT2D eigenvalue weighted by Gasteiger charge is -2.37. The standard InChI is InChI=1S/C29H36F3N3O2/c1-17(2)21-13-11-18(3)15-26(21)37-28(36)19(4)35-25-10-8-7-9-23(25)33-27(35)20-12-14-24(34(5)6)22(16-20)29(30,31)32/h7-10,12,14,16-19,21,26H,11,13,15H2,1-6H3/t18-,19-,21?,26-/m1/s1. The van der Waals surface area contributed by atoms with Crippen LogP contribution in [0.25, 0.3) is 22.4 Å². The molecular weight excluding hydrogens is 479 g/mol. The summed E-state index contributed by atoms with van der Waals surface area (Å²) in [6.45, 7) is 8.22. The van der Waals surface area contributed by atoms with Crippen LogP contribution in [0.1, 0.15) is 58.6 Å². The topological polar surface area (TPSA) is 47.4 Å². The molecule has 1 aliphatic rings. The summed E-state index contributed by atoms with van der Waals surface area (Å²) in [6, 6.07) is 10.7. The number of esters is 1. The highest BCUT2D eigenvalue weighted by Crippen LogP contribution is 2.40. The Morgan fingerprint density at radius 3 is 2.46 bits per heavy atom. The molecule has 1 aromatic heterocycles. The van der Waals surface area contributed by atoms with Crippen LogP contribution in [0.15, 0.2) is 42.5 Å². The Kier molecular flexibility index (Phi) is 7.58. The van der Waals surface area contributed by atoms with Crippen molar-refractivity contribution < 1.29 is 22.7 Å². The van der Waals surface area contributed by atoms with Gasteiger partial charge >= 0.3 is 12.1 Å². The van der Waals surface area contributed by atoms with Crippen molar-refractivity contribution >= 4 is 22.7 Å². The van der Waals surface area contributed by atoms with E-state index in [4.69, 9.17) is 4.74 Å². The molecule has 4 atom stereocenters. The minimum absolute atomic E-state index is 0.0671. The smallest absolute Gasteiger partial charge is 0.418 e. The van der Waals surface area contributed by atoms with E-state index in [9.17, 15) is 18.0 Å². The number of rotatable bonds is 6. The van der Waals surface area contributed by atoms with Crippen LogP contribution >= 0.6 is 0 Å². The molecule has 1 fully saturated rings. The van der Waals surface area contributed by atoms with Crippen LogP contribution in [0.5, 0.6) is 0 Å². The Labute approximate surface area is 216 Å². The Morgan fingerprint density at radius 1 is 1.11 bits per heavy atom. The minimum atomic E-state index is -4.54. The average molecular weight is 516 g/mol. The third kappa shape index (κ3) is 5.48. The molecule has 5 nitrogen and oxygen atoms in total. The maximum absolute atomic E-state index is 14.0. The molecule has 0 spiro atoms. The van der Waals surface area contributed by atoms with E-state index in [2.05, 4.69) is 25.8 Å². The Balaban J connectivity index is 1.76. The number of benzene rings is 2. The van der Waals surface area contributed by atoms with E-state index in [1.165, 1.54) is 11.0 Å². The second-order valence-electron chi connectivity index (χ2n) is 10.9. The number of carbonyl (C=O) groups excluding carboxylic acids is 1. The number of carbonyl (C=O) groups is 1. The number of hydrogen-bond donors (Lipinski definition) is 0. The van der Waals surface area contributed by atoms with Gasteiger partial charge < -0.3 is 14.2 Å². The van der Waals surface area contributed by atoms with Gasteiger partial charge in [0.1, 0.15) is 18.0 Å². The number of halogens is 3. The van der Waals surface area contributed by atoms with Crippen molar-refractivity contribution in [2.24, 2.45) is 17.8 Å². The van der Waals surface area contributed by atoms with Crippen LogP contribution in [0.3, 0.4) is 0 Å². The number of alkyl halides is 3. The molecule has 1 unspecified atom stereocenters. The second-order valence-corrected chi connectivity index (χ2v) is 10.9. The molecule has 0 N–H and O–H groups in total. The lowest BCUT2D eigenvalue weighted by atomic mass is 9.75. The third-order valence-electron chi connectivity index (χ3n) is 7.60. The van der Waals surface area contributed by atoms with Crippen LogP contribution in [-0.2, 0) is 15.7 Å². The van der Waals surface area contributed by atoms with E-state index < -0.39 is 23.8 Å².